The van der Waals surface area contributed by atoms with Gasteiger partial charge in [-0.25, -0.2) is 0 Å². The van der Waals surface area contributed by atoms with E-state index < -0.39 is 5.91 Å². The second kappa shape index (κ2) is 9.23. The summed E-state index contributed by atoms with van der Waals surface area (Å²) < 4.78 is 0. The molecule has 0 bridgehead atoms. The van der Waals surface area contributed by atoms with E-state index in [1.807, 2.05) is 18.2 Å². The summed E-state index contributed by atoms with van der Waals surface area (Å²) in [6.45, 7) is 1.26. The van der Waals surface area contributed by atoms with E-state index in [9.17, 15) is 9.59 Å². The summed E-state index contributed by atoms with van der Waals surface area (Å²) >= 11 is 0. The quantitative estimate of drug-likeness (QED) is 0.400. The first-order chi connectivity index (χ1) is 14.0. The number of guanidine groups is 1. The van der Waals surface area contributed by atoms with Crippen LogP contribution >= 0.6 is 0 Å². The zero-order valence-electron chi connectivity index (χ0n) is 16.6. The predicted molar refractivity (Wildman–Crippen MR) is 114 cm³/mol. The molecule has 0 radical (unpaired) electrons. The fourth-order valence-electron chi connectivity index (χ4n) is 3.21. The standard InChI is InChI=1S/C22H27N5O2/c1-24-21(27-15-22(11-12-22)18-5-3-2-4-6-18)26-13-16-7-9-17(10-8-16)20(29)25-14-19(23)28/h2-10H,11-15H2,1H3,(H2,23,28)(H,25,29)(H2,24,26,27). The SMILES string of the molecule is CN=C(NCc1ccc(C(=O)NCC(N)=O)cc1)NCC1(c2ccccc2)CC1. The highest BCUT2D eigenvalue weighted by atomic mass is 16.2. The van der Waals surface area contributed by atoms with Gasteiger partial charge < -0.3 is 21.7 Å². The van der Waals surface area contributed by atoms with E-state index in [1.165, 1.54) is 18.4 Å². The summed E-state index contributed by atoms with van der Waals surface area (Å²) in [5.41, 5.74) is 8.11. The maximum Gasteiger partial charge on any atom is 0.251 e. The van der Waals surface area contributed by atoms with Gasteiger partial charge in [-0.3, -0.25) is 14.6 Å². The molecule has 0 atom stereocenters. The van der Waals surface area contributed by atoms with E-state index >= 15 is 0 Å². The number of hydrogen-bond acceptors (Lipinski definition) is 3. The lowest BCUT2D eigenvalue weighted by atomic mass is 9.96. The summed E-state index contributed by atoms with van der Waals surface area (Å²) in [7, 11) is 1.75. The fraction of sp³-hybridized carbons (Fsp3) is 0.318. The summed E-state index contributed by atoms with van der Waals surface area (Å²) in [6.07, 6.45) is 2.36. The number of carbonyl (C=O) groups excluding carboxylic acids is 2. The molecule has 1 aliphatic carbocycles. The maximum absolute atomic E-state index is 11.9. The van der Waals surface area contributed by atoms with Gasteiger partial charge in [0.15, 0.2) is 5.96 Å². The predicted octanol–water partition coefficient (Wildman–Crippen LogP) is 1.30. The van der Waals surface area contributed by atoms with E-state index in [0.717, 1.165) is 18.1 Å². The molecule has 0 aromatic heterocycles. The lowest BCUT2D eigenvalue weighted by Gasteiger charge is -2.19. The largest absolute Gasteiger partial charge is 0.368 e. The van der Waals surface area contributed by atoms with Crippen LogP contribution in [0.25, 0.3) is 0 Å². The Morgan fingerprint density at radius 3 is 2.28 bits per heavy atom. The Morgan fingerprint density at radius 2 is 1.69 bits per heavy atom. The average Bonchev–Trinajstić information content (AvgIpc) is 3.54. The Hall–Kier alpha value is -3.35. The molecule has 0 heterocycles. The molecule has 152 valence electrons. The van der Waals surface area contributed by atoms with Crippen LogP contribution in [0.1, 0.15) is 34.3 Å². The van der Waals surface area contributed by atoms with E-state index in [1.54, 1.807) is 19.2 Å². The molecular weight excluding hydrogens is 366 g/mol. The van der Waals surface area contributed by atoms with Crippen molar-refractivity contribution in [3.05, 3.63) is 71.3 Å². The maximum atomic E-state index is 11.9. The van der Waals surface area contributed by atoms with Crippen LogP contribution in [-0.4, -0.2) is 37.9 Å². The van der Waals surface area contributed by atoms with Gasteiger partial charge in [0, 0.05) is 31.1 Å². The molecule has 1 saturated carbocycles. The van der Waals surface area contributed by atoms with Gasteiger partial charge in [-0.2, -0.15) is 0 Å². The number of carbonyl (C=O) groups is 2. The minimum atomic E-state index is -0.571. The van der Waals surface area contributed by atoms with Crippen LogP contribution in [0.2, 0.25) is 0 Å². The summed E-state index contributed by atoms with van der Waals surface area (Å²) in [5, 5.41) is 9.20. The highest BCUT2D eigenvalue weighted by Gasteiger charge is 2.43. The lowest BCUT2D eigenvalue weighted by Crippen LogP contribution is -2.40. The average molecular weight is 393 g/mol. The van der Waals surface area contributed by atoms with Crippen LogP contribution in [0.3, 0.4) is 0 Å². The highest BCUT2D eigenvalue weighted by Crippen LogP contribution is 2.47. The molecule has 0 aliphatic heterocycles. The number of nitrogens with two attached hydrogens (primary N) is 1. The second-order valence-electron chi connectivity index (χ2n) is 7.27. The normalized spacial score (nSPS) is 14.7. The van der Waals surface area contributed by atoms with Gasteiger partial charge in [-0.1, -0.05) is 42.5 Å². The first-order valence-electron chi connectivity index (χ1n) is 9.68. The van der Waals surface area contributed by atoms with Crippen molar-refractivity contribution >= 4 is 17.8 Å². The van der Waals surface area contributed by atoms with Crippen molar-refractivity contribution < 1.29 is 9.59 Å². The zero-order chi connectivity index (χ0) is 20.7. The van der Waals surface area contributed by atoms with E-state index in [4.69, 9.17) is 5.73 Å². The Bertz CT molecular complexity index is 874. The zero-order valence-corrected chi connectivity index (χ0v) is 16.6. The molecular formula is C22H27N5O2. The molecule has 2 aromatic rings. The molecule has 1 fully saturated rings. The third kappa shape index (κ3) is 5.57. The fourth-order valence-corrected chi connectivity index (χ4v) is 3.21. The molecule has 1 aliphatic rings. The second-order valence-corrected chi connectivity index (χ2v) is 7.27. The minimum Gasteiger partial charge on any atom is -0.368 e. The van der Waals surface area contributed by atoms with Crippen LogP contribution in [0.4, 0.5) is 0 Å². The van der Waals surface area contributed by atoms with Gasteiger partial charge in [-0.15, -0.1) is 0 Å². The number of hydrogen-bond donors (Lipinski definition) is 4. The molecule has 7 nitrogen and oxygen atoms in total. The molecule has 5 N–H and O–H groups in total. The summed E-state index contributed by atoms with van der Waals surface area (Å²) in [5.74, 6) is -0.148. The van der Waals surface area contributed by atoms with E-state index in [-0.39, 0.29) is 17.9 Å². The summed E-state index contributed by atoms with van der Waals surface area (Å²) in [4.78, 5) is 27.0. The van der Waals surface area contributed by atoms with Gasteiger partial charge in [0.1, 0.15) is 0 Å². The van der Waals surface area contributed by atoms with Gasteiger partial charge in [0.25, 0.3) is 5.91 Å². The van der Waals surface area contributed by atoms with Crippen molar-refractivity contribution in [2.45, 2.75) is 24.8 Å². The monoisotopic (exact) mass is 393 g/mol. The summed E-state index contributed by atoms with van der Waals surface area (Å²) in [6, 6.07) is 17.8. The van der Waals surface area contributed by atoms with Crippen LogP contribution in [-0.2, 0) is 16.8 Å². The molecule has 0 unspecified atom stereocenters. The van der Waals surface area contributed by atoms with Crippen molar-refractivity contribution in [1.29, 1.82) is 0 Å². The Balaban J connectivity index is 1.48. The highest BCUT2D eigenvalue weighted by molar-refractivity contribution is 5.96. The number of benzene rings is 2. The molecule has 2 aromatic carbocycles. The van der Waals surface area contributed by atoms with Gasteiger partial charge in [0.2, 0.25) is 5.91 Å². The number of rotatable bonds is 8. The number of primary amides is 1. The molecule has 2 amide bonds. The van der Waals surface area contributed by atoms with Crippen LogP contribution in [0.5, 0.6) is 0 Å². The smallest absolute Gasteiger partial charge is 0.251 e. The van der Waals surface area contributed by atoms with Crippen molar-refractivity contribution in [2.75, 3.05) is 20.1 Å². The number of nitrogens with zero attached hydrogens (tertiary/aromatic N) is 1. The molecule has 3 rings (SSSR count). The molecule has 7 heteroatoms. The van der Waals surface area contributed by atoms with Crippen molar-refractivity contribution in [3.63, 3.8) is 0 Å². The van der Waals surface area contributed by atoms with Gasteiger partial charge in [0.05, 0.1) is 6.54 Å². The molecule has 29 heavy (non-hydrogen) atoms. The van der Waals surface area contributed by atoms with Crippen LogP contribution in [0, 0.1) is 0 Å². The topological polar surface area (TPSA) is 109 Å². The molecule has 0 saturated heterocycles. The van der Waals surface area contributed by atoms with Crippen molar-refractivity contribution in [1.82, 2.24) is 16.0 Å². The molecule has 0 spiro atoms. The Morgan fingerprint density at radius 1 is 1.00 bits per heavy atom. The first-order valence-corrected chi connectivity index (χ1v) is 9.68. The number of nitrogens with one attached hydrogen (secondary N) is 3. The van der Waals surface area contributed by atoms with Gasteiger partial charge >= 0.3 is 0 Å². The Kier molecular flexibility index (Phi) is 6.49. The van der Waals surface area contributed by atoms with Crippen molar-refractivity contribution in [2.24, 2.45) is 10.7 Å². The number of amides is 2. The van der Waals surface area contributed by atoms with Crippen LogP contribution < -0.4 is 21.7 Å². The van der Waals surface area contributed by atoms with E-state index in [0.29, 0.717) is 12.1 Å². The van der Waals surface area contributed by atoms with Gasteiger partial charge in [-0.05, 0) is 36.1 Å². The van der Waals surface area contributed by atoms with Crippen molar-refractivity contribution in [3.8, 4) is 0 Å². The lowest BCUT2D eigenvalue weighted by molar-refractivity contribution is -0.117. The first kappa shape index (κ1) is 20.4. The minimum absolute atomic E-state index is 0.172. The Labute approximate surface area is 170 Å². The third-order valence-electron chi connectivity index (χ3n) is 5.16. The van der Waals surface area contributed by atoms with E-state index in [2.05, 4.69) is 45.2 Å². The third-order valence-corrected chi connectivity index (χ3v) is 5.16. The number of aliphatic imine (C=N–C) groups is 1. The van der Waals surface area contributed by atoms with Crippen LogP contribution in [0.15, 0.2) is 59.6 Å².